The van der Waals surface area contributed by atoms with Crippen molar-refractivity contribution in [1.82, 2.24) is 9.88 Å². The van der Waals surface area contributed by atoms with Crippen LogP contribution < -0.4 is 9.64 Å². The van der Waals surface area contributed by atoms with Crippen molar-refractivity contribution in [2.24, 2.45) is 0 Å². The van der Waals surface area contributed by atoms with Crippen LogP contribution in [-0.4, -0.2) is 49.8 Å². The Kier molecular flexibility index (Phi) is 5.20. The van der Waals surface area contributed by atoms with Gasteiger partial charge in [-0.05, 0) is 18.9 Å². The number of methoxy groups -OCH3 is 1. The molecule has 2 saturated heterocycles. The van der Waals surface area contributed by atoms with Gasteiger partial charge in [0.1, 0.15) is 5.75 Å². The molecule has 2 aromatic rings. The SMILES string of the molecule is COc1ccccc1CN1CCOC[C@H]1c1csc(N2CCCC2)n1. The van der Waals surface area contributed by atoms with Crippen LogP contribution in [0, 0.1) is 0 Å². The van der Waals surface area contributed by atoms with Gasteiger partial charge in [-0.3, -0.25) is 4.90 Å². The van der Waals surface area contributed by atoms with Gasteiger partial charge in [-0.1, -0.05) is 18.2 Å². The minimum atomic E-state index is 0.214. The molecule has 2 fully saturated rings. The zero-order chi connectivity index (χ0) is 17.1. The maximum Gasteiger partial charge on any atom is 0.185 e. The van der Waals surface area contributed by atoms with Gasteiger partial charge in [0.25, 0.3) is 0 Å². The summed E-state index contributed by atoms with van der Waals surface area (Å²) >= 11 is 1.76. The van der Waals surface area contributed by atoms with Crippen LogP contribution in [0.3, 0.4) is 0 Å². The van der Waals surface area contributed by atoms with E-state index in [1.165, 1.54) is 18.4 Å². The van der Waals surface area contributed by atoms with Crippen LogP contribution in [0.25, 0.3) is 0 Å². The Hall–Kier alpha value is -1.63. The number of para-hydroxylation sites is 1. The Morgan fingerprint density at radius 1 is 1.24 bits per heavy atom. The topological polar surface area (TPSA) is 37.8 Å². The van der Waals surface area contributed by atoms with Crippen LogP contribution >= 0.6 is 11.3 Å². The van der Waals surface area contributed by atoms with Crippen LogP contribution in [0.4, 0.5) is 5.13 Å². The molecule has 6 heteroatoms. The molecular weight excluding hydrogens is 334 g/mol. The van der Waals surface area contributed by atoms with Crippen molar-refractivity contribution in [3.63, 3.8) is 0 Å². The summed E-state index contributed by atoms with van der Waals surface area (Å²) in [4.78, 5) is 9.81. The van der Waals surface area contributed by atoms with E-state index >= 15 is 0 Å². The van der Waals surface area contributed by atoms with Gasteiger partial charge in [-0.15, -0.1) is 11.3 Å². The van der Waals surface area contributed by atoms with E-state index in [4.69, 9.17) is 14.5 Å². The Labute approximate surface area is 153 Å². The number of hydrogen-bond donors (Lipinski definition) is 0. The van der Waals surface area contributed by atoms with Gasteiger partial charge >= 0.3 is 0 Å². The minimum absolute atomic E-state index is 0.214. The van der Waals surface area contributed by atoms with Gasteiger partial charge in [0.2, 0.25) is 0 Å². The molecule has 0 bridgehead atoms. The van der Waals surface area contributed by atoms with Crippen molar-refractivity contribution >= 4 is 16.5 Å². The lowest BCUT2D eigenvalue weighted by atomic mass is 10.1. The zero-order valence-electron chi connectivity index (χ0n) is 14.7. The van der Waals surface area contributed by atoms with Crippen LogP contribution in [0.2, 0.25) is 0 Å². The highest BCUT2D eigenvalue weighted by molar-refractivity contribution is 7.13. The summed E-state index contributed by atoms with van der Waals surface area (Å²) in [6, 6.07) is 8.47. The number of hydrogen-bond acceptors (Lipinski definition) is 6. The lowest BCUT2D eigenvalue weighted by molar-refractivity contribution is -0.0142. The Balaban J connectivity index is 1.53. The lowest BCUT2D eigenvalue weighted by Crippen LogP contribution is -2.39. The van der Waals surface area contributed by atoms with Crippen molar-refractivity contribution < 1.29 is 9.47 Å². The highest BCUT2D eigenvalue weighted by atomic mass is 32.1. The molecule has 0 spiro atoms. The second-order valence-electron chi connectivity index (χ2n) is 6.62. The van der Waals surface area contributed by atoms with Crippen molar-refractivity contribution in [2.75, 3.05) is 44.9 Å². The third-order valence-corrected chi connectivity index (χ3v) is 5.95. The molecule has 0 aliphatic carbocycles. The maximum absolute atomic E-state index is 5.77. The second-order valence-corrected chi connectivity index (χ2v) is 7.46. The predicted octanol–water partition coefficient (Wildman–Crippen LogP) is 3.33. The summed E-state index contributed by atoms with van der Waals surface area (Å²) < 4.78 is 11.3. The Morgan fingerprint density at radius 2 is 2.08 bits per heavy atom. The van der Waals surface area contributed by atoms with E-state index in [0.717, 1.165) is 49.4 Å². The number of aromatic nitrogens is 1. The molecular formula is C19H25N3O2S. The highest BCUT2D eigenvalue weighted by Crippen LogP contribution is 2.32. The van der Waals surface area contributed by atoms with Gasteiger partial charge in [0, 0.05) is 37.1 Å². The minimum Gasteiger partial charge on any atom is -0.496 e. The van der Waals surface area contributed by atoms with Crippen molar-refractivity contribution in [3.8, 4) is 5.75 Å². The van der Waals surface area contributed by atoms with E-state index in [2.05, 4.69) is 27.3 Å². The summed E-state index contributed by atoms with van der Waals surface area (Å²) in [5.41, 5.74) is 2.35. The molecule has 2 aliphatic heterocycles. The largest absolute Gasteiger partial charge is 0.496 e. The summed E-state index contributed by atoms with van der Waals surface area (Å²) in [6.45, 7) is 5.53. The molecule has 0 amide bonds. The quantitative estimate of drug-likeness (QED) is 0.819. The van der Waals surface area contributed by atoms with Crippen molar-refractivity contribution in [3.05, 3.63) is 40.9 Å². The number of morpholine rings is 1. The normalized spacial score (nSPS) is 21.6. The smallest absolute Gasteiger partial charge is 0.185 e. The summed E-state index contributed by atoms with van der Waals surface area (Å²) in [7, 11) is 1.73. The van der Waals surface area contributed by atoms with Crippen LogP contribution in [0.15, 0.2) is 29.6 Å². The Bertz CT molecular complexity index is 699. The summed E-state index contributed by atoms with van der Waals surface area (Å²) in [5.74, 6) is 0.948. The molecule has 134 valence electrons. The van der Waals surface area contributed by atoms with Gasteiger partial charge in [0.15, 0.2) is 5.13 Å². The second kappa shape index (κ2) is 7.72. The van der Waals surface area contributed by atoms with E-state index in [-0.39, 0.29) is 6.04 Å². The number of thiazole rings is 1. The Morgan fingerprint density at radius 3 is 2.92 bits per heavy atom. The summed E-state index contributed by atoms with van der Waals surface area (Å²) in [6.07, 6.45) is 2.56. The van der Waals surface area contributed by atoms with E-state index in [9.17, 15) is 0 Å². The standard InChI is InChI=1S/C19H25N3O2S/c1-23-18-7-3-2-6-15(18)12-22-10-11-24-13-17(22)16-14-25-19(20-16)21-8-4-5-9-21/h2-3,6-7,14,17H,4-5,8-13H2,1H3/t17-/m0/s1. The molecule has 1 aromatic carbocycles. The first-order valence-corrected chi connectivity index (χ1v) is 9.87. The fourth-order valence-corrected chi connectivity index (χ4v) is 4.56. The van der Waals surface area contributed by atoms with Crippen LogP contribution in [-0.2, 0) is 11.3 Å². The van der Waals surface area contributed by atoms with Gasteiger partial charge in [0.05, 0.1) is 32.1 Å². The average Bonchev–Trinajstić information content (AvgIpc) is 3.34. The maximum atomic E-state index is 5.77. The molecule has 4 rings (SSSR count). The van der Waals surface area contributed by atoms with E-state index in [0.29, 0.717) is 6.61 Å². The number of ether oxygens (including phenoxy) is 2. The van der Waals surface area contributed by atoms with E-state index in [1.54, 1.807) is 18.4 Å². The molecule has 1 atom stereocenters. The van der Waals surface area contributed by atoms with E-state index < -0.39 is 0 Å². The van der Waals surface area contributed by atoms with Gasteiger partial charge in [-0.2, -0.15) is 0 Å². The number of nitrogens with zero attached hydrogens (tertiary/aromatic N) is 3. The monoisotopic (exact) mass is 359 g/mol. The molecule has 3 heterocycles. The number of benzene rings is 1. The predicted molar refractivity (Wildman–Crippen MR) is 101 cm³/mol. The first-order chi connectivity index (χ1) is 12.3. The molecule has 1 aromatic heterocycles. The molecule has 2 aliphatic rings. The fraction of sp³-hybridized carbons (Fsp3) is 0.526. The van der Waals surface area contributed by atoms with Crippen molar-refractivity contribution in [1.29, 1.82) is 0 Å². The van der Waals surface area contributed by atoms with Gasteiger partial charge in [-0.25, -0.2) is 4.98 Å². The molecule has 0 radical (unpaired) electrons. The highest BCUT2D eigenvalue weighted by Gasteiger charge is 2.28. The molecule has 0 saturated carbocycles. The molecule has 25 heavy (non-hydrogen) atoms. The summed E-state index contributed by atoms with van der Waals surface area (Å²) in [5, 5.41) is 3.37. The third-order valence-electron chi connectivity index (χ3n) is 5.03. The lowest BCUT2D eigenvalue weighted by Gasteiger charge is -2.35. The average molecular weight is 359 g/mol. The van der Waals surface area contributed by atoms with Crippen LogP contribution in [0.1, 0.15) is 30.1 Å². The fourth-order valence-electron chi connectivity index (χ4n) is 3.64. The zero-order valence-corrected chi connectivity index (χ0v) is 15.5. The number of anilines is 1. The van der Waals surface area contributed by atoms with Gasteiger partial charge < -0.3 is 14.4 Å². The third kappa shape index (κ3) is 3.66. The van der Waals surface area contributed by atoms with Crippen LogP contribution in [0.5, 0.6) is 5.75 Å². The molecule has 5 nitrogen and oxygen atoms in total. The number of rotatable bonds is 5. The first kappa shape index (κ1) is 16.8. The van der Waals surface area contributed by atoms with E-state index in [1.807, 2.05) is 12.1 Å². The first-order valence-electron chi connectivity index (χ1n) is 8.99. The molecule has 0 unspecified atom stereocenters. The molecule has 0 N–H and O–H groups in total. The van der Waals surface area contributed by atoms with Crippen molar-refractivity contribution in [2.45, 2.75) is 25.4 Å².